The third kappa shape index (κ3) is 2.56. The van der Waals surface area contributed by atoms with Crippen molar-refractivity contribution < 1.29 is 0 Å². The summed E-state index contributed by atoms with van der Waals surface area (Å²) in [6, 6.07) is 8.68. The van der Waals surface area contributed by atoms with Gasteiger partial charge in [-0.05, 0) is 36.0 Å². The molecule has 0 saturated carbocycles. The molecule has 2 atom stereocenters. The van der Waals surface area contributed by atoms with Gasteiger partial charge in [0.05, 0.1) is 0 Å². The van der Waals surface area contributed by atoms with Crippen molar-refractivity contribution in [3.63, 3.8) is 0 Å². The molecule has 1 heterocycles. The Morgan fingerprint density at radius 3 is 2.19 bits per heavy atom. The van der Waals surface area contributed by atoms with E-state index < -0.39 is 0 Å². The van der Waals surface area contributed by atoms with Gasteiger partial charge in [0, 0.05) is 25.3 Å². The van der Waals surface area contributed by atoms with Gasteiger partial charge in [0.1, 0.15) is 0 Å². The highest BCUT2D eigenvalue weighted by atomic mass is 15.1. The summed E-state index contributed by atoms with van der Waals surface area (Å²) >= 11 is 0. The average molecular weight is 218 g/mol. The van der Waals surface area contributed by atoms with E-state index in [0.717, 1.165) is 11.8 Å². The van der Waals surface area contributed by atoms with E-state index in [1.165, 1.54) is 30.8 Å². The van der Waals surface area contributed by atoms with E-state index in [1.54, 1.807) is 0 Å². The predicted molar refractivity (Wildman–Crippen MR) is 69.5 cm³/mol. The van der Waals surface area contributed by atoms with E-state index >= 15 is 0 Å². The molecule has 1 saturated heterocycles. The van der Waals surface area contributed by atoms with Crippen molar-refractivity contribution >= 4 is 5.69 Å². The lowest BCUT2D eigenvalue weighted by Crippen LogP contribution is -2.38. The first-order chi connectivity index (χ1) is 7.69. The number of benzene rings is 1. The zero-order chi connectivity index (χ0) is 11.5. The summed E-state index contributed by atoms with van der Waals surface area (Å²) in [6.07, 6.45) is 1.36. The molecule has 16 heavy (non-hydrogen) atoms. The van der Waals surface area contributed by atoms with Crippen molar-refractivity contribution in [2.45, 2.75) is 26.8 Å². The summed E-state index contributed by atoms with van der Waals surface area (Å²) in [7, 11) is 0. The molecule has 1 aromatic carbocycles. The minimum atomic E-state index is 0.632. The average Bonchev–Trinajstić information content (AvgIpc) is 2.28. The Balaban J connectivity index is 2.10. The maximum absolute atomic E-state index is 5.61. The largest absolute Gasteiger partial charge is 0.371 e. The molecule has 0 bridgehead atoms. The fourth-order valence-corrected chi connectivity index (χ4v) is 2.72. The molecule has 2 N–H and O–H groups in total. The van der Waals surface area contributed by atoms with Crippen molar-refractivity contribution in [1.82, 2.24) is 0 Å². The molecule has 0 aliphatic carbocycles. The lowest BCUT2D eigenvalue weighted by atomic mass is 9.91. The van der Waals surface area contributed by atoms with Gasteiger partial charge >= 0.3 is 0 Å². The molecule has 2 unspecified atom stereocenters. The van der Waals surface area contributed by atoms with Crippen LogP contribution in [-0.2, 0) is 6.54 Å². The standard InChI is InChI=1S/C14H22N2/c1-11-7-12(2)10-16(9-11)14-5-3-13(8-15)4-6-14/h3-6,11-12H,7-10,15H2,1-2H3. The third-order valence-corrected chi connectivity index (χ3v) is 3.41. The highest BCUT2D eigenvalue weighted by Crippen LogP contribution is 2.26. The van der Waals surface area contributed by atoms with Crippen molar-refractivity contribution in [3.05, 3.63) is 29.8 Å². The van der Waals surface area contributed by atoms with E-state index in [4.69, 9.17) is 5.73 Å². The van der Waals surface area contributed by atoms with E-state index in [0.29, 0.717) is 6.54 Å². The molecular formula is C14H22N2. The van der Waals surface area contributed by atoms with Gasteiger partial charge in [0.15, 0.2) is 0 Å². The van der Waals surface area contributed by atoms with Gasteiger partial charge in [-0.2, -0.15) is 0 Å². The molecular weight excluding hydrogens is 196 g/mol. The predicted octanol–water partition coefficient (Wildman–Crippen LogP) is 2.63. The van der Waals surface area contributed by atoms with Crippen LogP contribution in [0.5, 0.6) is 0 Å². The molecule has 1 aliphatic rings. The van der Waals surface area contributed by atoms with Crippen molar-refractivity contribution in [1.29, 1.82) is 0 Å². The number of hydrogen-bond acceptors (Lipinski definition) is 2. The molecule has 2 rings (SSSR count). The summed E-state index contributed by atoms with van der Waals surface area (Å²) in [5.41, 5.74) is 8.16. The monoisotopic (exact) mass is 218 g/mol. The topological polar surface area (TPSA) is 29.3 Å². The Labute approximate surface area is 98.4 Å². The maximum atomic E-state index is 5.61. The first kappa shape index (κ1) is 11.5. The Morgan fingerprint density at radius 2 is 1.69 bits per heavy atom. The Morgan fingerprint density at radius 1 is 1.12 bits per heavy atom. The van der Waals surface area contributed by atoms with Crippen LogP contribution in [0.1, 0.15) is 25.8 Å². The van der Waals surface area contributed by atoms with E-state index in [1.807, 2.05) is 0 Å². The van der Waals surface area contributed by atoms with Crippen LogP contribution in [0.3, 0.4) is 0 Å². The smallest absolute Gasteiger partial charge is 0.0366 e. The second-order valence-electron chi connectivity index (χ2n) is 5.22. The Kier molecular flexibility index (Phi) is 3.49. The van der Waals surface area contributed by atoms with Crippen LogP contribution in [0.25, 0.3) is 0 Å². The van der Waals surface area contributed by atoms with E-state index in [9.17, 15) is 0 Å². The summed E-state index contributed by atoms with van der Waals surface area (Å²) in [6.45, 7) is 7.69. The van der Waals surface area contributed by atoms with Gasteiger partial charge in [-0.15, -0.1) is 0 Å². The van der Waals surface area contributed by atoms with Crippen LogP contribution >= 0.6 is 0 Å². The van der Waals surface area contributed by atoms with Crippen molar-refractivity contribution in [2.75, 3.05) is 18.0 Å². The minimum Gasteiger partial charge on any atom is -0.371 e. The molecule has 2 heteroatoms. The zero-order valence-corrected chi connectivity index (χ0v) is 10.3. The minimum absolute atomic E-state index is 0.632. The van der Waals surface area contributed by atoms with Crippen LogP contribution in [-0.4, -0.2) is 13.1 Å². The molecule has 1 aliphatic heterocycles. The van der Waals surface area contributed by atoms with Crippen LogP contribution < -0.4 is 10.6 Å². The molecule has 1 aromatic rings. The normalized spacial score (nSPS) is 25.8. The molecule has 88 valence electrons. The Bertz CT molecular complexity index is 321. The molecule has 1 fully saturated rings. The highest BCUT2D eigenvalue weighted by molar-refractivity contribution is 5.48. The van der Waals surface area contributed by atoms with Gasteiger partial charge in [0.25, 0.3) is 0 Å². The molecule has 0 aromatic heterocycles. The fraction of sp³-hybridized carbons (Fsp3) is 0.571. The van der Waals surface area contributed by atoms with E-state index in [2.05, 4.69) is 43.0 Å². The highest BCUT2D eigenvalue weighted by Gasteiger charge is 2.21. The third-order valence-electron chi connectivity index (χ3n) is 3.41. The number of hydrogen-bond donors (Lipinski definition) is 1. The number of nitrogens with zero attached hydrogens (tertiary/aromatic N) is 1. The van der Waals surface area contributed by atoms with Gasteiger partial charge < -0.3 is 10.6 Å². The van der Waals surface area contributed by atoms with Crippen LogP contribution in [0, 0.1) is 11.8 Å². The van der Waals surface area contributed by atoms with Gasteiger partial charge in [0.2, 0.25) is 0 Å². The summed E-state index contributed by atoms with van der Waals surface area (Å²) in [4.78, 5) is 2.50. The van der Waals surface area contributed by atoms with Crippen molar-refractivity contribution in [2.24, 2.45) is 17.6 Å². The van der Waals surface area contributed by atoms with Gasteiger partial charge in [-0.1, -0.05) is 26.0 Å². The number of nitrogens with two attached hydrogens (primary N) is 1. The lowest BCUT2D eigenvalue weighted by molar-refractivity contribution is 0.357. The summed E-state index contributed by atoms with van der Waals surface area (Å²) in [5, 5.41) is 0. The molecule has 2 nitrogen and oxygen atoms in total. The summed E-state index contributed by atoms with van der Waals surface area (Å²) in [5.74, 6) is 1.61. The van der Waals surface area contributed by atoms with E-state index in [-0.39, 0.29) is 0 Å². The Hall–Kier alpha value is -1.02. The van der Waals surface area contributed by atoms with Gasteiger partial charge in [-0.3, -0.25) is 0 Å². The second-order valence-corrected chi connectivity index (χ2v) is 5.22. The molecule has 0 spiro atoms. The first-order valence-corrected chi connectivity index (χ1v) is 6.23. The zero-order valence-electron chi connectivity index (χ0n) is 10.3. The van der Waals surface area contributed by atoms with Gasteiger partial charge in [-0.25, -0.2) is 0 Å². The fourth-order valence-electron chi connectivity index (χ4n) is 2.72. The van der Waals surface area contributed by atoms with Crippen LogP contribution in [0.15, 0.2) is 24.3 Å². The van der Waals surface area contributed by atoms with Crippen LogP contribution in [0.2, 0.25) is 0 Å². The molecule has 0 amide bonds. The second kappa shape index (κ2) is 4.88. The molecule has 0 radical (unpaired) electrons. The van der Waals surface area contributed by atoms with Crippen LogP contribution in [0.4, 0.5) is 5.69 Å². The first-order valence-electron chi connectivity index (χ1n) is 6.23. The van der Waals surface area contributed by atoms with Crippen molar-refractivity contribution in [3.8, 4) is 0 Å². The lowest BCUT2D eigenvalue weighted by Gasteiger charge is -2.36. The summed E-state index contributed by atoms with van der Waals surface area (Å²) < 4.78 is 0. The number of rotatable bonds is 2. The number of anilines is 1. The maximum Gasteiger partial charge on any atom is 0.0366 e. The number of piperidine rings is 1. The SMILES string of the molecule is CC1CC(C)CN(c2ccc(CN)cc2)C1. The quantitative estimate of drug-likeness (QED) is 0.827.